The smallest absolute Gasteiger partial charge is 0.353 e. The fraction of sp³-hybridized carbons (Fsp3) is 0.0400. The van der Waals surface area contributed by atoms with Crippen molar-refractivity contribution in [2.45, 2.75) is 0 Å². The summed E-state index contributed by atoms with van der Waals surface area (Å²) in [5.74, 6) is -0.796. The molecule has 8 heteroatoms. The molecule has 1 aromatic heterocycles. The highest BCUT2D eigenvalue weighted by atomic mass is 32.1. The third-order valence-corrected chi connectivity index (χ3v) is 5.51. The number of benzene rings is 3. The van der Waals surface area contributed by atoms with Gasteiger partial charge in [-0.05, 0) is 58.1 Å². The number of carbonyl (C=O) groups excluding carboxylic acids is 3. The van der Waals surface area contributed by atoms with Gasteiger partial charge in [-0.25, -0.2) is 10.2 Å². The molecule has 0 unspecified atom stereocenters. The predicted molar refractivity (Wildman–Crippen MR) is 128 cm³/mol. The maximum Gasteiger partial charge on any atom is 0.353 e. The number of thiophene rings is 1. The van der Waals surface area contributed by atoms with Crippen LogP contribution in [0.15, 0.2) is 89.3 Å². The van der Waals surface area contributed by atoms with Crippen LogP contribution in [0.1, 0.15) is 25.6 Å². The van der Waals surface area contributed by atoms with E-state index in [-0.39, 0.29) is 12.5 Å². The van der Waals surface area contributed by atoms with Crippen molar-refractivity contribution in [3.05, 3.63) is 100 Å². The van der Waals surface area contributed by atoms with Gasteiger partial charge in [0.25, 0.3) is 11.8 Å². The molecule has 0 aliphatic rings. The minimum atomic E-state index is -0.457. The van der Waals surface area contributed by atoms with Gasteiger partial charge in [0.2, 0.25) is 0 Å². The summed E-state index contributed by atoms with van der Waals surface area (Å²) >= 11 is 1.31. The van der Waals surface area contributed by atoms with Gasteiger partial charge in [0, 0.05) is 5.56 Å². The third kappa shape index (κ3) is 5.69. The Morgan fingerprint density at radius 2 is 1.70 bits per heavy atom. The van der Waals surface area contributed by atoms with Crippen LogP contribution in [0, 0.1) is 0 Å². The molecule has 33 heavy (non-hydrogen) atoms. The number of hydrazone groups is 1. The van der Waals surface area contributed by atoms with Gasteiger partial charge >= 0.3 is 5.97 Å². The van der Waals surface area contributed by atoms with Crippen molar-refractivity contribution in [3.8, 4) is 5.75 Å². The number of nitrogens with one attached hydrogen (secondary N) is 2. The van der Waals surface area contributed by atoms with E-state index in [2.05, 4.69) is 15.8 Å². The number of carbonyl (C=O) groups is 3. The van der Waals surface area contributed by atoms with Crippen LogP contribution in [-0.4, -0.2) is 30.5 Å². The average molecular weight is 458 g/mol. The molecule has 2 amide bonds. The monoisotopic (exact) mass is 457 g/mol. The van der Waals surface area contributed by atoms with Gasteiger partial charge < -0.3 is 10.1 Å². The second-order valence-electron chi connectivity index (χ2n) is 6.94. The van der Waals surface area contributed by atoms with Gasteiger partial charge in [0.05, 0.1) is 12.8 Å². The normalized spacial score (nSPS) is 10.8. The topological polar surface area (TPSA) is 96.9 Å². The van der Waals surface area contributed by atoms with E-state index in [1.807, 2.05) is 30.3 Å². The number of rotatable bonds is 7. The molecule has 164 valence electrons. The lowest BCUT2D eigenvalue weighted by Gasteiger charge is -2.07. The van der Waals surface area contributed by atoms with E-state index >= 15 is 0 Å². The molecule has 0 saturated carbocycles. The number of hydrogen-bond acceptors (Lipinski definition) is 6. The number of fused-ring (bicyclic) bond motifs is 1. The molecule has 4 aromatic rings. The molecule has 3 aromatic carbocycles. The van der Waals surface area contributed by atoms with Gasteiger partial charge in [-0.2, -0.15) is 5.10 Å². The fourth-order valence-electron chi connectivity index (χ4n) is 3.07. The molecule has 1 heterocycles. The van der Waals surface area contributed by atoms with E-state index in [9.17, 15) is 14.4 Å². The first-order chi connectivity index (χ1) is 16.1. The van der Waals surface area contributed by atoms with E-state index in [1.54, 1.807) is 53.9 Å². The van der Waals surface area contributed by atoms with Crippen LogP contribution in [0.3, 0.4) is 0 Å². The summed E-state index contributed by atoms with van der Waals surface area (Å²) in [5, 5.41) is 10.1. The summed E-state index contributed by atoms with van der Waals surface area (Å²) in [6.07, 6.45) is 1.45. The van der Waals surface area contributed by atoms with E-state index in [0.29, 0.717) is 21.8 Å². The molecule has 0 fully saturated rings. The Hall–Kier alpha value is -4.30. The standard InChI is InChI=1S/C25H19N3O4S/c29-23(16-26-24(30)21-8-3-6-18-5-1-2-7-20(18)21)28-27-15-17-10-12-19(13-11-17)32-25(31)22-9-4-14-33-22/h1-15H,16H2,(H,26,30)(H,28,29). The highest BCUT2D eigenvalue weighted by Crippen LogP contribution is 2.18. The quantitative estimate of drug-likeness (QED) is 0.190. The molecule has 0 aliphatic carbocycles. The molecule has 0 bridgehead atoms. The highest BCUT2D eigenvalue weighted by molar-refractivity contribution is 7.12. The Labute approximate surface area is 193 Å². The van der Waals surface area contributed by atoms with Crippen molar-refractivity contribution in [2.75, 3.05) is 6.54 Å². The van der Waals surface area contributed by atoms with Crippen LogP contribution < -0.4 is 15.5 Å². The van der Waals surface area contributed by atoms with E-state index in [1.165, 1.54) is 17.6 Å². The number of nitrogens with zero attached hydrogens (tertiary/aromatic N) is 1. The zero-order valence-electron chi connectivity index (χ0n) is 17.4. The zero-order chi connectivity index (χ0) is 23.0. The summed E-state index contributed by atoms with van der Waals surface area (Å²) in [4.78, 5) is 37.0. The summed E-state index contributed by atoms with van der Waals surface area (Å²) < 4.78 is 5.29. The number of amides is 2. The van der Waals surface area contributed by atoms with Crippen molar-refractivity contribution in [1.82, 2.24) is 10.7 Å². The lowest BCUT2D eigenvalue weighted by molar-refractivity contribution is -0.120. The zero-order valence-corrected chi connectivity index (χ0v) is 18.2. The molecule has 2 N–H and O–H groups in total. The first-order valence-electron chi connectivity index (χ1n) is 10.0. The SMILES string of the molecule is O=C(CNC(=O)c1cccc2ccccc12)NN=Cc1ccc(OC(=O)c2cccs2)cc1. The predicted octanol–water partition coefficient (Wildman–Crippen LogP) is 4.00. The summed E-state index contributed by atoms with van der Waals surface area (Å²) in [7, 11) is 0. The van der Waals surface area contributed by atoms with E-state index in [0.717, 1.165) is 10.8 Å². The number of ether oxygens (including phenoxy) is 1. The first-order valence-corrected chi connectivity index (χ1v) is 10.9. The fourth-order valence-corrected chi connectivity index (χ4v) is 3.67. The van der Waals surface area contributed by atoms with Crippen molar-refractivity contribution in [3.63, 3.8) is 0 Å². The summed E-state index contributed by atoms with van der Waals surface area (Å²) in [6.45, 7) is -0.211. The molecule has 0 aliphatic heterocycles. The van der Waals surface area contributed by atoms with Crippen molar-refractivity contribution in [2.24, 2.45) is 5.10 Å². The summed E-state index contributed by atoms with van der Waals surface area (Å²) in [5.41, 5.74) is 3.58. The molecule has 0 spiro atoms. The largest absolute Gasteiger partial charge is 0.422 e. The lowest BCUT2D eigenvalue weighted by Crippen LogP contribution is -2.35. The molecular weight excluding hydrogens is 438 g/mol. The Bertz CT molecular complexity index is 1310. The maximum atomic E-state index is 12.5. The van der Waals surface area contributed by atoms with Crippen molar-refractivity contribution in [1.29, 1.82) is 0 Å². The number of esters is 1. The van der Waals surface area contributed by atoms with Crippen LogP contribution in [0.25, 0.3) is 10.8 Å². The van der Waals surface area contributed by atoms with Crippen LogP contribution in [-0.2, 0) is 4.79 Å². The Kier molecular flexibility index (Phi) is 6.87. The lowest BCUT2D eigenvalue weighted by atomic mass is 10.0. The van der Waals surface area contributed by atoms with Gasteiger partial charge in [-0.3, -0.25) is 9.59 Å². The Morgan fingerprint density at radius 3 is 2.48 bits per heavy atom. The van der Waals surface area contributed by atoms with Crippen molar-refractivity contribution >= 4 is 46.1 Å². The van der Waals surface area contributed by atoms with Crippen LogP contribution >= 0.6 is 11.3 Å². The van der Waals surface area contributed by atoms with Crippen LogP contribution in [0.4, 0.5) is 0 Å². The van der Waals surface area contributed by atoms with Gasteiger partial charge in [0.1, 0.15) is 10.6 Å². The molecule has 0 radical (unpaired) electrons. The van der Waals surface area contributed by atoms with Gasteiger partial charge in [-0.1, -0.05) is 42.5 Å². The Balaban J connectivity index is 1.26. The molecular formula is C25H19N3O4S. The minimum absolute atomic E-state index is 0.211. The minimum Gasteiger partial charge on any atom is -0.422 e. The summed E-state index contributed by atoms with van der Waals surface area (Å²) in [6, 6.07) is 23.2. The molecule has 0 atom stereocenters. The second kappa shape index (κ2) is 10.3. The van der Waals surface area contributed by atoms with Gasteiger partial charge in [0.15, 0.2) is 0 Å². The molecule has 7 nitrogen and oxygen atoms in total. The third-order valence-electron chi connectivity index (χ3n) is 4.66. The second-order valence-corrected chi connectivity index (χ2v) is 7.89. The first kappa shape index (κ1) is 21.9. The van der Waals surface area contributed by atoms with Gasteiger partial charge in [-0.15, -0.1) is 11.3 Å². The molecule has 4 rings (SSSR count). The number of hydrogen-bond donors (Lipinski definition) is 2. The van der Waals surface area contributed by atoms with E-state index < -0.39 is 11.9 Å². The highest BCUT2D eigenvalue weighted by Gasteiger charge is 2.11. The van der Waals surface area contributed by atoms with Crippen LogP contribution in [0.5, 0.6) is 5.75 Å². The Morgan fingerprint density at radius 1 is 0.909 bits per heavy atom. The average Bonchev–Trinajstić information content (AvgIpc) is 3.39. The maximum absolute atomic E-state index is 12.5. The van der Waals surface area contributed by atoms with Crippen molar-refractivity contribution < 1.29 is 19.1 Å². The van der Waals surface area contributed by atoms with E-state index in [4.69, 9.17) is 4.74 Å². The molecule has 0 saturated heterocycles. The van der Waals surface area contributed by atoms with Crippen LogP contribution in [0.2, 0.25) is 0 Å².